The second-order valence-corrected chi connectivity index (χ2v) is 8.30. The summed E-state index contributed by atoms with van der Waals surface area (Å²) in [5.41, 5.74) is 0.737. The first-order valence-electron chi connectivity index (χ1n) is 9.48. The fraction of sp³-hybridized carbons (Fsp3) is 0.286. The van der Waals surface area contributed by atoms with E-state index in [0.717, 1.165) is 0 Å². The molecule has 3 heterocycles. The predicted molar refractivity (Wildman–Crippen MR) is 110 cm³/mol. The maximum absolute atomic E-state index is 12.6. The third-order valence-electron chi connectivity index (χ3n) is 4.84. The average Bonchev–Trinajstić information content (AvgIpc) is 3.28. The largest absolute Gasteiger partial charge is 0.456 e. The first-order valence-corrected chi connectivity index (χ1v) is 10.4. The second-order valence-electron chi connectivity index (χ2n) is 7.42. The highest BCUT2D eigenvalue weighted by Crippen LogP contribution is 2.25. The minimum Gasteiger partial charge on any atom is -0.456 e. The van der Waals surface area contributed by atoms with E-state index in [-0.39, 0.29) is 34.8 Å². The lowest BCUT2D eigenvalue weighted by atomic mass is 10.1. The Morgan fingerprint density at radius 1 is 1.13 bits per heavy atom. The van der Waals surface area contributed by atoms with Gasteiger partial charge in [0.25, 0.3) is 17.4 Å². The zero-order valence-corrected chi connectivity index (χ0v) is 17.3. The maximum Gasteiger partial charge on any atom is 0.338 e. The predicted octanol–water partition coefficient (Wildman–Crippen LogP) is 2.76. The number of amides is 2. The summed E-state index contributed by atoms with van der Waals surface area (Å²) in [5.74, 6) is -1.05. The van der Waals surface area contributed by atoms with Crippen LogP contribution in [0.15, 0.2) is 40.6 Å². The van der Waals surface area contributed by atoms with Gasteiger partial charge in [-0.2, -0.15) is 0 Å². The lowest BCUT2D eigenvalue weighted by Gasteiger charge is -2.14. The normalized spacial score (nSPS) is 13.4. The van der Waals surface area contributed by atoms with Crippen LogP contribution < -0.4 is 5.56 Å². The fourth-order valence-corrected chi connectivity index (χ4v) is 3.93. The zero-order chi connectivity index (χ0) is 21.4. The number of thiazole rings is 1. The van der Waals surface area contributed by atoms with Crippen molar-refractivity contribution in [3.63, 3.8) is 0 Å². The highest BCUT2D eigenvalue weighted by molar-refractivity contribution is 7.15. The number of hydrogen-bond acceptors (Lipinski definition) is 7. The lowest BCUT2D eigenvalue weighted by molar-refractivity contribution is 0.0467. The quantitative estimate of drug-likeness (QED) is 0.445. The van der Waals surface area contributed by atoms with Gasteiger partial charge in [-0.15, -0.1) is 11.3 Å². The van der Waals surface area contributed by atoms with Gasteiger partial charge in [0, 0.05) is 24.2 Å². The Morgan fingerprint density at radius 2 is 1.90 bits per heavy atom. The molecular weight excluding hydrogens is 406 g/mol. The van der Waals surface area contributed by atoms with Crippen LogP contribution in [0, 0.1) is 5.92 Å². The second kappa shape index (κ2) is 7.83. The molecule has 3 aromatic rings. The van der Waals surface area contributed by atoms with Gasteiger partial charge in [0.15, 0.2) is 4.96 Å². The number of esters is 1. The molecule has 0 aliphatic carbocycles. The standard InChI is InChI=1S/C21H19N3O5S/c1-12(2)5-6-24-18(26)15-4-3-13(9-16(15)19(24)27)20(28)29-11-14-10-17(25)23-7-8-30-21(23)22-14/h3-4,7-10,12H,5-6,11H2,1-2H3. The van der Waals surface area contributed by atoms with Crippen LogP contribution in [0.25, 0.3) is 4.96 Å². The average molecular weight is 425 g/mol. The van der Waals surface area contributed by atoms with Crippen molar-refractivity contribution in [3.05, 3.63) is 68.6 Å². The monoisotopic (exact) mass is 425 g/mol. The van der Waals surface area contributed by atoms with Crippen LogP contribution >= 0.6 is 11.3 Å². The number of hydrogen-bond donors (Lipinski definition) is 0. The summed E-state index contributed by atoms with van der Waals surface area (Å²) in [6, 6.07) is 5.63. The van der Waals surface area contributed by atoms with Gasteiger partial charge in [-0.3, -0.25) is 23.7 Å². The lowest BCUT2D eigenvalue weighted by Crippen LogP contribution is -2.31. The third kappa shape index (κ3) is 3.63. The number of nitrogens with zero attached hydrogens (tertiary/aromatic N) is 3. The number of benzene rings is 1. The van der Waals surface area contributed by atoms with Crippen LogP contribution in [0.5, 0.6) is 0 Å². The van der Waals surface area contributed by atoms with Gasteiger partial charge >= 0.3 is 5.97 Å². The van der Waals surface area contributed by atoms with Gasteiger partial charge in [0.05, 0.1) is 22.4 Å². The Bertz CT molecular complexity index is 1230. The molecule has 2 aromatic heterocycles. The molecule has 0 saturated carbocycles. The number of rotatable bonds is 6. The number of carbonyl (C=O) groups is 3. The molecule has 4 rings (SSSR count). The molecule has 1 aliphatic heterocycles. The van der Waals surface area contributed by atoms with Crippen LogP contribution in [-0.2, 0) is 11.3 Å². The molecule has 1 aliphatic rings. The van der Waals surface area contributed by atoms with Crippen molar-refractivity contribution < 1.29 is 19.1 Å². The summed E-state index contributed by atoms with van der Waals surface area (Å²) >= 11 is 1.30. The number of carbonyl (C=O) groups excluding carboxylic acids is 3. The van der Waals surface area contributed by atoms with Crippen molar-refractivity contribution in [3.8, 4) is 0 Å². The van der Waals surface area contributed by atoms with E-state index >= 15 is 0 Å². The van der Waals surface area contributed by atoms with Crippen molar-refractivity contribution in [1.29, 1.82) is 0 Å². The smallest absolute Gasteiger partial charge is 0.338 e. The van der Waals surface area contributed by atoms with Gasteiger partial charge in [-0.25, -0.2) is 9.78 Å². The summed E-state index contributed by atoms with van der Waals surface area (Å²) in [7, 11) is 0. The Labute approximate surface area is 175 Å². The molecule has 0 N–H and O–H groups in total. The number of aromatic nitrogens is 2. The maximum atomic E-state index is 12.6. The number of ether oxygens (including phenoxy) is 1. The molecule has 0 saturated heterocycles. The minimum absolute atomic E-state index is 0.162. The Morgan fingerprint density at radius 3 is 2.67 bits per heavy atom. The zero-order valence-electron chi connectivity index (χ0n) is 16.5. The van der Waals surface area contributed by atoms with Gasteiger partial charge in [0.2, 0.25) is 0 Å². The summed E-state index contributed by atoms with van der Waals surface area (Å²) in [6.45, 7) is 4.21. The third-order valence-corrected chi connectivity index (χ3v) is 5.60. The van der Waals surface area contributed by atoms with Gasteiger partial charge in [-0.1, -0.05) is 13.8 Å². The van der Waals surface area contributed by atoms with Crippen LogP contribution in [0.3, 0.4) is 0 Å². The molecule has 0 spiro atoms. The molecule has 0 bridgehead atoms. The molecule has 9 heteroatoms. The number of imide groups is 1. The van der Waals surface area contributed by atoms with E-state index in [1.807, 2.05) is 13.8 Å². The molecule has 0 atom stereocenters. The van der Waals surface area contributed by atoms with Crippen molar-refractivity contribution in [2.24, 2.45) is 5.92 Å². The summed E-state index contributed by atoms with van der Waals surface area (Å²) in [4.78, 5) is 55.6. The summed E-state index contributed by atoms with van der Waals surface area (Å²) in [5, 5.41) is 1.74. The van der Waals surface area contributed by atoms with Gasteiger partial charge in [0.1, 0.15) is 6.61 Å². The topological polar surface area (TPSA) is 98.1 Å². The van der Waals surface area contributed by atoms with Crippen LogP contribution in [-0.4, -0.2) is 38.6 Å². The first-order chi connectivity index (χ1) is 14.3. The van der Waals surface area contributed by atoms with Gasteiger partial charge in [-0.05, 0) is 30.5 Å². The highest BCUT2D eigenvalue weighted by atomic mass is 32.1. The van der Waals surface area contributed by atoms with Crippen LogP contribution in [0.1, 0.15) is 57.0 Å². The fourth-order valence-electron chi connectivity index (χ4n) is 3.19. The summed E-state index contributed by atoms with van der Waals surface area (Å²) < 4.78 is 6.67. The van der Waals surface area contributed by atoms with Crippen LogP contribution in [0.4, 0.5) is 0 Å². The van der Waals surface area contributed by atoms with E-state index in [9.17, 15) is 19.2 Å². The van der Waals surface area contributed by atoms with E-state index in [1.165, 1.54) is 44.9 Å². The van der Waals surface area contributed by atoms with E-state index in [1.54, 1.807) is 11.6 Å². The van der Waals surface area contributed by atoms with Crippen molar-refractivity contribution in [2.75, 3.05) is 6.54 Å². The van der Waals surface area contributed by atoms with Crippen molar-refractivity contribution in [2.45, 2.75) is 26.9 Å². The van der Waals surface area contributed by atoms with E-state index < -0.39 is 11.9 Å². The van der Waals surface area contributed by atoms with Crippen molar-refractivity contribution in [1.82, 2.24) is 14.3 Å². The van der Waals surface area contributed by atoms with Gasteiger partial charge < -0.3 is 4.74 Å². The highest BCUT2D eigenvalue weighted by Gasteiger charge is 2.35. The molecule has 1 aromatic carbocycles. The molecule has 30 heavy (non-hydrogen) atoms. The van der Waals surface area contributed by atoms with E-state index in [4.69, 9.17) is 4.74 Å². The molecular formula is C21H19N3O5S. The molecule has 2 amide bonds. The molecule has 8 nitrogen and oxygen atoms in total. The molecule has 0 radical (unpaired) electrons. The number of fused-ring (bicyclic) bond motifs is 2. The Balaban J connectivity index is 1.49. The van der Waals surface area contributed by atoms with E-state index in [2.05, 4.69) is 4.98 Å². The minimum atomic E-state index is -0.660. The first kappa shape index (κ1) is 20.0. The molecule has 0 unspecified atom stereocenters. The molecule has 0 fully saturated rings. The van der Waals surface area contributed by atoms with Crippen molar-refractivity contribution >= 4 is 34.1 Å². The van der Waals surface area contributed by atoms with E-state index in [0.29, 0.717) is 29.5 Å². The molecule has 154 valence electrons. The Hall–Kier alpha value is -3.33. The SMILES string of the molecule is CC(C)CCN1C(=O)c2ccc(C(=O)OCc3cc(=O)n4ccsc4n3)cc2C1=O. The summed E-state index contributed by atoms with van der Waals surface area (Å²) in [6.07, 6.45) is 2.33. The Kier molecular flexibility index (Phi) is 5.21. The van der Waals surface area contributed by atoms with Crippen LogP contribution in [0.2, 0.25) is 0 Å².